The van der Waals surface area contributed by atoms with Gasteiger partial charge in [-0.1, -0.05) is 0 Å². The maximum Gasteiger partial charge on any atom is 0.317 e. The minimum Gasteiger partial charge on any atom is -0.497 e. The van der Waals surface area contributed by atoms with Crippen LogP contribution >= 0.6 is 0 Å². The van der Waals surface area contributed by atoms with Gasteiger partial charge in [0.2, 0.25) is 0 Å². The third-order valence-electron chi connectivity index (χ3n) is 5.35. The van der Waals surface area contributed by atoms with E-state index in [-0.39, 0.29) is 6.03 Å². The number of likely N-dealkylation sites (tertiary alicyclic amines) is 1. The van der Waals surface area contributed by atoms with Crippen LogP contribution in [0.4, 0.5) is 4.79 Å². The van der Waals surface area contributed by atoms with Crippen LogP contribution in [0.2, 0.25) is 0 Å². The maximum atomic E-state index is 12.6. The summed E-state index contributed by atoms with van der Waals surface area (Å²) in [6, 6.07) is 5.64. The monoisotopic (exact) mass is 377 g/mol. The Balaban J connectivity index is 1.50. The minimum absolute atomic E-state index is 0.000418. The molecule has 2 heterocycles. The molecule has 1 aromatic rings. The quantitative estimate of drug-likeness (QED) is 0.821. The minimum atomic E-state index is -0.000418. The summed E-state index contributed by atoms with van der Waals surface area (Å²) in [6.07, 6.45) is 2.25. The molecule has 2 aliphatic rings. The summed E-state index contributed by atoms with van der Waals surface area (Å²) in [5, 5.41) is 3.04. The van der Waals surface area contributed by atoms with Gasteiger partial charge in [0.15, 0.2) is 0 Å². The second-order valence-corrected chi connectivity index (χ2v) is 7.20. The van der Waals surface area contributed by atoms with E-state index in [2.05, 4.69) is 10.2 Å². The van der Waals surface area contributed by atoms with Gasteiger partial charge in [-0.3, -0.25) is 4.90 Å². The lowest BCUT2D eigenvalue weighted by Gasteiger charge is -2.36. The largest absolute Gasteiger partial charge is 0.497 e. The molecule has 1 unspecified atom stereocenters. The Morgan fingerprint density at radius 2 is 2.04 bits per heavy atom. The second-order valence-electron chi connectivity index (χ2n) is 7.20. The zero-order valence-corrected chi connectivity index (χ0v) is 16.4. The first kappa shape index (κ1) is 19.8. The van der Waals surface area contributed by atoms with Crippen LogP contribution in [-0.2, 0) is 11.3 Å². The zero-order chi connectivity index (χ0) is 19.1. The molecule has 0 aliphatic carbocycles. The van der Waals surface area contributed by atoms with Crippen LogP contribution in [0.5, 0.6) is 11.5 Å². The van der Waals surface area contributed by atoms with E-state index in [1.54, 1.807) is 14.2 Å². The highest BCUT2D eigenvalue weighted by molar-refractivity contribution is 5.74. The molecule has 7 nitrogen and oxygen atoms in total. The van der Waals surface area contributed by atoms with E-state index in [0.717, 1.165) is 69.4 Å². The highest BCUT2D eigenvalue weighted by Crippen LogP contribution is 2.24. The molecule has 27 heavy (non-hydrogen) atoms. The number of nitrogens with zero attached hydrogens (tertiary/aromatic N) is 2. The smallest absolute Gasteiger partial charge is 0.317 e. The fraction of sp³-hybridized carbons (Fsp3) is 0.650. The van der Waals surface area contributed by atoms with Crippen molar-refractivity contribution in [2.45, 2.75) is 19.4 Å². The standard InChI is InChI=1S/C20H31N3O4/c1-25-18-6-5-17(19(12-18)26-2)13-21-20(24)23-7-3-4-16(15-23)14-22-8-10-27-11-9-22/h5-6,12,16H,3-4,7-11,13-15H2,1-2H3,(H,21,24). The van der Waals surface area contributed by atoms with Crippen molar-refractivity contribution in [2.75, 3.05) is 60.2 Å². The lowest BCUT2D eigenvalue weighted by molar-refractivity contribution is 0.0249. The number of ether oxygens (including phenoxy) is 3. The van der Waals surface area contributed by atoms with Gasteiger partial charge in [-0.05, 0) is 30.9 Å². The zero-order valence-electron chi connectivity index (χ0n) is 16.4. The normalized spacial score (nSPS) is 21.0. The molecule has 1 aromatic carbocycles. The first-order valence-electron chi connectivity index (χ1n) is 9.73. The molecule has 3 rings (SSSR count). The SMILES string of the molecule is COc1ccc(CNC(=O)N2CCCC(CN3CCOCC3)C2)c(OC)c1. The molecule has 0 radical (unpaired) electrons. The fourth-order valence-corrected chi connectivity index (χ4v) is 3.83. The van der Waals surface area contributed by atoms with E-state index in [0.29, 0.717) is 12.5 Å². The number of benzene rings is 1. The van der Waals surface area contributed by atoms with Crippen LogP contribution in [0, 0.1) is 5.92 Å². The average Bonchev–Trinajstić information content (AvgIpc) is 2.72. The first-order chi connectivity index (χ1) is 13.2. The van der Waals surface area contributed by atoms with E-state index in [4.69, 9.17) is 14.2 Å². The molecular formula is C20H31N3O4. The van der Waals surface area contributed by atoms with E-state index in [9.17, 15) is 4.79 Å². The number of piperidine rings is 1. The number of carbonyl (C=O) groups is 1. The number of hydrogen-bond donors (Lipinski definition) is 1. The molecule has 150 valence electrons. The van der Waals surface area contributed by atoms with Crippen molar-refractivity contribution in [3.8, 4) is 11.5 Å². The topological polar surface area (TPSA) is 63.3 Å². The summed E-state index contributed by atoms with van der Waals surface area (Å²) >= 11 is 0. The molecule has 1 N–H and O–H groups in total. The van der Waals surface area contributed by atoms with Crippen LogP contribution in [0.1, 0.15) is 18.4 Å². The predicted octanol–water partition coefficient (Wildman–Crippen LogP) is 1.96. The molecular weight excluding hydrogens is 346 g/mol. The van der Waals surface area contributed by atoms with E-state index in [1.165, 1.54) is 6.42 Å². The van der Waals surface area contributed by atoms with Crippen molar-refractivity contribution in [2.24, 2.45) is 5.92 Å². The predicted molar refractivity (Wildman–Crippen MR) is 103 cm³/mol. The second kappa shape index (κ2) is 9.80. The molecule has 1 atom stereocenters. The van der Waals surface area contributed by atoms with Gasteiger partial charge in [-0.25, -0.2) is 4.79 Å². The van der Waals surface area contributed by atoms with Crippen LogP contribution in [0.15, 0.2) is 18.2 Å². The van der Waals surface area contributed by atoms with Crippen molar-refractivity contribution >= 4 is 6.03 Å². The van der Waals surface area contributed by atoms with Crippen molar-refractivity contribution in [3.05, 3.63) is 23.8 Å². The lowest BCUT2D eigenvalue weighted by Crippen LogP contribution is -2.48. The molecule has 7 heteroatoms. The molecule has 2 aliphatic heterocycles. The fourth-order valence-electron chi connectivity index (χ4n) is 3.83. The Bertz CT molecular complexity index is 619. The summed E-state index contributed by atoms with van der Waals surface area (Å²) in [5.41, 5.74) is 0.938. The van der Waals surface area contributed by atoms with Gasteiger partial charge in [0.1, 0.15) is 11.5 Å². The van der Waals surface area contributed by atoms with Gasteiger partial charge < -0.3 is 24.4 Å². The number of hydrogen-bond acceptors (Lipinski definition) is 5. The van der Waals surface area contributed by atoms with E-state index in [1.807, 2.05) is 23.1 Å². The first-order valence-corrected chi connectivity index (χ1v) is 9.73. The Kier molecular flexibility index (Phi) is 7.18. The summed E-state index contributed by atoms with van der Waals surface area (Å²) < 4.78 is 16.0. The van der Waals surface area contributed by atoms with Crippen LogP contribution in [0.3, 0.4) is 0 Å². The van der Waals surface area contributed by atoms with Crippen molar-refractivity contribution in [1.29, 1.82) is 0 Å². The van der Waals surface area contributed by atoms with Crippen LogP contribution in [0.25, 0.3) is 0 Å². The van der Waals surface area contributed by atoms with Gasteiger partial charge in [-0.2, -0.15) is 0 Å². The molecule has 2 amide bonds. The molecule has 2 fully saturated rings. The third-order valence-corrected chi connectivity index (χ3v) is 5.35. The van der Waals surface area contributed by atoms with Crippen LogP contribution < -0.4 is 14.8 Å². The van der Waals surface area contributed by atoms with Crippen molar-refractivity contribution in [1.82, 2.24) is 15.1 Å². The summed E-state index contributed by atoms with van der Waals surface area (Å²) in [7, 11) is 3.25. The van der Waals surface area contributed by atoms with Gasteiger partial charge in [-0.15, -0.1) is 0 Å². The lowest BCUT2D eigenvalue weighted by atomic mass is 9.97. The van der Waals surface area contributed by atoms with Gasteiger partial charge in [0, 0.05) is 50.9 Å². The van der Waals surface area contributed by atoms with E-state index >= 15 is 0 Å². The number of carbonyl (C=O) groups excluding carboxylic acids is 1. The number of amides is 2. The average molecular weight is 377 g/mol. The summed E-state index contributed by atoms with van der Waals surface area (Å²) in [5.74, 6) is 2.00. The molecule has 0 spiro atoms. The maximum absolute atomic E-state index is 12.6. The highest BCUT2D eigenvalue weighted by Gasteiger charge is 2.25. The Labute approximate surface area is 161 Å². The Hall–Kier alpha value is -1.99. The molecule has 0 bridgehead atoms. The van der Waals surface area contributed by atoms with Gasteiger partial charge in [0.25, 0.3) is 0 Å². The molecule has 2 saturated heterocycles. The summed E-state index contributed by atoms with van der Waals surface area (Å²) in [4.78, 5) is 17.1. The van der Waals surface area contributed by atoms with Crippen LogP contribution in [-0.4, -0.2) is 76.0 Å². The Morgan fingerprint density at radius 1 is 1.22 bits per heavy atom. The number of urea groups is 1. The van der Waals surface area contributed by atoms with Gasteiger partial charge in [0.05, 0.1) is 27.4 Å². The number of rotatable bonds is 6. The molecule has 0 saturated carbocycles. The Morgan fingerprint density at radius 3 is 2.78 bits per heavy atom. The van der Waals surface area contributed by atoms with Crippen molar-refractivity contribution < 1.29 is 19.0 Å². The molecule has 0 aromatic heterocycles. The highest BCUT2D eigenvalue weighted by atomic mass is 16.5. The van der Waals surface area contributed by atoms with Crippen molar-refractivity contribution in [3.63, 3.8) is 0 Å². The number of nitrogens with one attached hydrogen (secondary N) is 1. The number of methoxy groups -OCH3 is 2. The van der Waals surface area contributed by atoms with E-state index < -0.39 is 0 Å². The van der Waals surface area contributed by atoms with Gasteiger partial charge >= 0.3 is 6.03 Å². The third kappa shape index (κ3) is 5.49. The summed E-state index contributed by atoms with van der Waals surface area (Å²) in [6.45, 7) is 6.78. The number of morpholine rings is 1.